The maximum Gasteiger partial charge on any atom is 0.270 e. The van der Waals surface area contributed by atoms with Gasteiger partial charge in [0.05, 0.1) is 11.9 Å². The highest BCUT2D eigenvalue weighted by Crippen LogP contribution is 2.09. The monoisotopic (exact) mass is 263 g/mol. The van der Waals surface area contributed by atoms with Gasteiger partial charge in [-0.05, 0) is 18.2 Å². The minimum absolute atomic E-state index is 0.0446. The molecule has 0 aliphatic rings. The number of nitrogens with zero attached hydrogens (tertiary/aromatic N) is 1. The van der Waals surface area contributed by atoms with Crippen molar-refractivity contribution < 1.29 is 13.6 Å². The standard InChI is InChI=1S/C13H11F2N3O/c14-9-2-1-8(11(15)5-9)6-18-13(19)12-4-3-10(16)7-17-12/h1-5,7H,6,16H2,(H,18,19). The van der Waals surface area contributed by atoms with Crippen molar-refractivity contribution in [2.45, 2.75) is 6.54 Å². The second-order valence-electron chi connectivity index (χ2n) is 3.90. The molecule has 98 valence electrons. The molecule has 0 unspecified atom stereocenters. The van der Waals surface area contributed by atoms with Crippen LogP contribution < -0.4 is 11.1 Å². The Kier molecular flexibility index (Phi) is 3.70. The molecule has 6 heteroatoms. The van der Waals surface area contributed by atoms with E-state index in [2.05, 4.69) is 10.3 Å². The smallest absolute Gasteiger partial charge is 0.270 e. The molecule has 2 aromatic rings. The summed E-state index contributed by atoms with van der Waals surface area (Å²) in [5.41, 5.74) is 6.27. The number of carbonyl (C=O) groups excluding carboxylic acids is 1. The molecule has 4 nitrogen and oxygen atoms in total. The maximum atomic E-state index is 13.3. The van der Waals surface area contributed by atoms with Gasteiger partial charge in [0.2, 0.25) is 0 Å². The molecule has 1 aromatic carbocycles. The molecule has 1 amide bonds. The van der Waals surface area contributed by atoms with Crippen molar-refractivity contribution in [2.24, 2.45) is 0 Å². The van der Waals surface area contributed by atoms with E-state index in [1.807, 2.05) is 0 Å². The number of halogens is 2. The summed E-state index contributed by atoms with van der Waals surface area (Å²) < 4.78 is 26.0. The molecule has 1 aromatic heterocycles. The quantitative estimate of drug-likeness (QED) is 0.888. The Hall–Kier alpha value is -2.50. The van der Waals surface area contributed by atoms with Gasteiger partial charge in [-0.1, -0.05) is 6.07 Å². The molecule has 0 spiro atoms. The van der Waals surface area contributed by atoms with Crippen LogP contribution in [0.4, 0.5) is 14.5 Å². The highest BCUT2D eigenvalue weighted by Gasteiger charge is 2.09. The Morgan fingerprint density at radius 3 is 2.68 bits per heavy atom. The molecule has 0 aliphatic heterocycles. The molecule has 0 bridgehead atoms. The predicted molar refractivity (Wildman–Crippen MR) is 66.2 cm³/mol. The van der Waals surface area contributed by atoms with Crippen molar-refractivity contribution in [3.05, 3.63) is 59.4 Å². The van der Waals surface area contributed by atoms with E-state index in [9.17, 15) is 13.6 Å². The summed E-state index contributed by atoms with van der Waals surface area (Å²) in [5.74, 6) is -1.82. The third-order valence-electron chi connectivity index (χ3n) is 2.47. The van der Waals surface area contributed by atoms with Crippen LogP contribution in [0.3, 0.4) is 0 Å². The zero-order chi connectivity index (χ0) is 13.8. The van der Waals surface area contributed by atoms with E-state index in [0.717, 1.165) is 12.1 Å². The molecule has 19 heavy (non-hydrogen) atoms. The van der Waals surface area contributed by atoms with Crippen LogP contribution in [0.25, 0.3) is 0 Å². The van der Waals surface area contributed by atoms with Crippen LogP contribution in [-0.2, 0) is 6.54 Å². The van der Waals surface area contributed by atoms with Gasteiger partial charge >= 0.3 is 0 Å². The van der Waals surface area contributed by atoms with Gasteiger partial charge in [0.1, 0.15) is 17.3 Å². The SMILES string of the molecule is Nc1ccc(C(=O)NCc2ccc(F)cc2F)nc1. The summed E-state index contributed by atoms with van der Waals surface area (Å²) in [6.07, 6.45) is 1.35. The van der Waals surface area contributed by atoms with Gasteiger partial charge in [-0.3, -0.25) is 4.79 Å². The van der Waals surface area contributed by atoms with E-state index in [1.54, 1.807) is 6.07 Å². The number of hydrogen-bond donors (Lipinski definition) is 2. The molecular formula is C13H11F2N3O. The highest BCUT2D eigenvalue weighted by atomic mass is 19.1. The number of nitrogens with two attached hydrogens (primary N) is 1. The van der Waals surface area contributed by atoms with Gasteiger partial charge in [-0.2, -0.15) is 0 Å². The fraction of sp³-hybridized carbons (Fsp3) is 0.0769. The van der Waals surface area contributed by atoms with E-state index in [4.69, 9.17) is 5.73 Å². The van der Waals surface area contributed by atoms with Gasteiger partial charge < -0.3 is 11.1 Å². The lowest BCUT2D eigenvalue weighted by atomic mass is 10.2. The van der Waals surface area contributed by atoms with E-state index < -0.39 is 17.5 Å². The van der Waals surface area contributed by atoms with Crippen LogP contribution in [0.15, 0.2) is 36.5 Å². The van der Waals surface area contributed by atoms with Crippen molar-refractivity contribution in [1.29, 1.82) is 0 Å². The van der Waals surface area contributed by atoms with Gasteiger partial charge in [-0.25, -0.2) is 13.8 Å². The molecule has 0 saturated heterocycles. The zero-order valence-corrected chi connectivity index (χ0v) is 9.86. The second kappa shape index (κ2) is 5.43. The summed E-state index contributed by atoms with van der Waals surface area (Å²) in [6.45, 7) is -0.0446. The van der Waals surface area contributed by atoms with Crippen LogP contribution in [0, 0.1) is 11.6 Å². The summed E-state index contributed by atoms with van der Waals surface area (Å²) in [5, 5.41) is 2.49. The Morgan fingerprint density at radius 2 is 2.05 bits per heavy atom. The number of hydrogen-bond acceptors (Lipinski definition) is 3. The number of benzene rings is 1. The van der Waals surface area contributed by atoms with Crippen LogP contribution in [0.1, 0.15) is 16.1 Å². The van der Waals surface area contributed by atoms with Crippen molar-refractivity contribution in [1.82, 2.24) is 10.3 Å². The average Bonchev–Trinajstić information content (AvgIpc) is 2.38. The summed E-state index contributed by atoms with van der Waals surface area (Å²) in [4.78, 5) is 15.5. The highest BCUT2D eigenvalue weighted by molar-refractivity contribution is 5.92. The molecule has 0 fully saturated rings. The predicted octanol–water partition coefficient (Wildman–Crippen LogP) is 1.87. The Balaban J connectivity index is 2.02. The lowest BCUT2D eigenvalue weighted by Crippen LogP contribution is -2.24. The fourth-order valence-electron chi connectivity index (χ4n) is 1.47. The Bertz CT molecular complexity index is 599. The molecule has 0 atom stereocenters. The summed E-state index contributed by atoms with van der Waals surface area (Å²) in [6, 6.07) is 6.18. The normalized spacial score (nSPS) is 10.2. The van der Waals surface area contributed by atoms with Crippen molar-refractivity contribution >= 4 is 11.6 Å². The van der Waals surface area contributed by atoms with E-state index in [1.165, 1.54) is 18.3 Å². The van der Waals surface area contributed by atoms with Gasteiger partial charge in [0.25, 0.3) is 5.91 Å². The third-order valence-corrected chi connectivity index (χ3v) is 2.47. The Labute approximate surface area is 108 Å². The number of nitrogens with one attached hydrogen (secondary N) is 1. The first kappa shape index (κ1) is 12.9. The van der Waals surface area contributed by atoms with Crippen molar-refractivity contribution in [3.8, 4) is 0 Å². The number of nitrogen functional groups attached to an aromatic ring is 1. The number of pyridine rings is 1. The molecule has 2 rings (SSSR count). The van der Waals surface area contributed by atoms with Crippen LogP contribution in [0.2, 0.25) is 0 Å². The number of amides is 1. The molecule has 0 aliphatic carbocycles. The van der Waals surface area contributed by atoms with Crippen LogP contribution in [-0.4, -0.2) is 10.9 Å². The first-order valence-corrected chi connectivity index (χ1v) is 5.50. The average molecular weight is 263 g/mol. The first-order chi connectivity index (χ1) is 9.06. The van der Waals surface area contributed by atoms with E-state index >= 15 is 0 Å². The lowest BCUT2D eigenvalue weighted by Gasteiger charge is -2.06. The number of carbonyl (C=O) groups is 1. The van der Waals surface area contributed by atoms with E-state index in [0.29, 0.717) is 5.69 Å². The molecule has 1 heterocycles. The summed E-state index contributed by atoms with van der Waals surface area (Å²) in [7, 11) is 0. The molecule has 3 N–H and O–H groups in total. The minimum atomic E-state index is -0.703. The number of anilines is 1. The van der Waals surface area contributed by atoms with Gasteiger partial charge in [0.15, 0.2) is 0 Å². The maximum absolute atomic E-state index is 13.3. The fourth-order valence-corrected chi connectivity index (χ4v) is 1.47. The van der Waals surface area contributed by atoms with Gasteiger partial charge in [0, 0.05) is 18.2 Å². The summed E-state index contributed by atoms with van der Waals surface area (Å²) >= 11 is 0. The van der Waals surface area contributed by atoms with E-state index in [-0.39, 0.29) is 17.8 Å². The molecular weight excluding hydrogens is 252 g/mol. The van der Waals surface area contributed by atoms with Crippen molar-refractivity contribution in [3.63, 3.8) is 0 Å². The largest absolute Gasteiger partial charge is 0.397 e. The van der Waals surface area contributed by atoms with Gasteiger partial charge in [-0.15, -0.1) is 0 Å². The molecule has 0 radical (unpaired) electrons. The van der Waals surface area contributed by atoms with Crippen LogP contribution in [0.5, 0.6) is 0 Å². The first-order valence-electron chi connectivity index (χ1n) is 5.50. The third kappa shape index (κ3) is 3.25. The lowest BCUT2D eigenvalue weighted by molar-refractivity contribution is 0.0945. The number of rotatable bonds is 3. The topological polar surface area (TPSA) is 68.0 Å². The Morgan fingerprint density at radius 1 is 1.26 bits per heavy atom. The molecule has 0 saturated carbocycles. The van der Waals surface area contributed by atoms with Crippen LogP contribution >= 0.6 is 0 Å². The second-order valence-corrected chi connectivity index (χ2v) is 3.90. The van der Waals surface area contributed by atoms with Crippen molar-refractivity contribution in [2.75, 3.05) is 5.73 Å². The minimum Gasteiger partial charge on any atom is -0.397 e. The zero-order valence-electron chi connectivity index (χ0n) is 9.86. The number of aromatic nitrogens is 1.